The van der Waals surface area contributed by atoms with E-state index in [2.05, 4.69) is 31.3 Å². The van der Waals surface area contributed by atoms with Crippen molar-refractivity contribution in [2.45, 2.75) is 36.3 Å². The molecule has 0 amide bonds. The average Bonchev–Trinajstić information content (AvgIpc) is 2.49. The molecule has 4 nitrogen and oxygen atoms in total. The van der Waals surface area contributed by atoms with E-state index in [0.717, 1.165) is 49.4 Å². The van der Waals surface area contributed by atoms with Gasteiger partial charge in [-0.25, -0.2) is 0 Å². The van der Waals surface area contributed by atoms with E-state index in [1.54, 1.807) is 0 Å². The van der Waals surface area contributed by atoms with Gasteiger partial charge in [0.1, 0.15) is 0 Å². The minimum atomic E-state index is -0.0932. The van der Waals surface area contributed by atoms with Gasteiger partial charge in [0.05, 0.1) is 0 Å². The fraction of sp³-hybridized carbons (Fsp3) is 0.412. The number of nitrogens with one attached hydrogen (secondary N) is 1. The first-order valence-electron chi connectivity index (χ1n) is 7.51. The molecular formula is C17H20N3OPb. The van der Waals surface area contributed by atoms with E-state index in [-0.39, 0.29) is 14.6 Å². The van der Waals surface area contributed by atoms with Crippen LogP contribution in [-0.2, 0) is 12.0 Å². The molecule has 0 fully saturated rings. The Balaban J connectivity index is 2.17. The average molecular weight is 490 g/mol. The summed E-state index contributed by atoms with van der Waals surface area (Å²) in [6, 6.07) is 10.2. The second-order valence-corrected chi connectivity index (χ2v) is 8.59. The molecule has 1 aliphatic rings. The van der Waals surface area contributed by atoms with Gasteiger partial charge >= 0.3 is 147 Å². The second kappa shape index (κ2) is 5.88. The van der Waals surface area contributed by atoms with Gasteiger partial charge in [0.15, 0.2) is 0 Å². The molecule has 1 aromatic heterocycles. The summed E-state index contributed by atoms with van der Waals surface area (Å²) in [5.41, 5.74) is 3.01. The van der Waals surface area contributed by atoms with Crippen LogP contribution in [0, 0.1) is 6.92 Å². The van der Waals surface area contributed by atoms with E-state index >= 15 is 0 Å². The molecule has 113 valence electrons. The molecule has 0 saturated carbocycles. The zero-order chi connectivity index (χ0) is 15.9. The van der Waals surface area contributed by atoms with Crippen molar-refractivity contribution < 1.29 is 0 Å². The Morgan fingerprint density at radius 3 is 2.68 bits per heavy atom. The van der Waals surface area contributed by atoms with Crippen molar-refractivity contribution in [3.63, 3.8) is 0 Å². The van der Waals surface area contributed by atoms with E-state index in [9.17, 15) is 4.79 Å². The number of aryl methyl sites for hydroxylation is 1. The summed E-state index contributed by atoms with van der Waals surface area (Å²) >= 11 is 0.870. The third-order valence-corrected chi connectivity index (χ3v) is 6.57. The molecule has 3 rings (SSSR count). The van der Waals surface area contributed by atoms with Gasteiger partial charge in [-0.05, 0) is 0 Å². The van der Waals surface area contributed by atoms with Gasteiger partial charge in [-0.2, -0.15) is 0 Å². The number of aromatic nitrogens is 2. The molecule has 0 aliphatic carbocycles. The summed E-state index contributed by atoms with van der Waals surface area (Å²) in [5.74, 6) is 0.822. The number of hydrogen-bond acceptors (Lipinski definition) is 3. The van der Waals surface area contributed by atoms with Gasteiger partial charge in [-0.3, -0.25) is 0 Å². The van der Waals surface area contributed by atoms with Crippen molar-refractivity contribution in [1.82, 2.24) is 14.9 Å². The third kappa shape index (κ3) is 2.67. The van der Waals surface area contributed by atoms with Crippen LogP contribution >= 0.6 is 0 Å². The van der Waals surface area contributed by atoms with Gasteiger partial charge in [0.2, 0.25) is 0 Å². The second-order valence-electron chi connectivity index (χ2n) is 6.46. The van der Waals surface area contributed by atoms with Crippen LogP contribution in [0.2, 0.25) is 0 Å². The van der Waals surface area contributed by atoms with Crippen LogP contribution in [0.4, 0.5) is 0 Å². The van der Waals surface area contributed by atoms with E-state index < -0.39 is 0 Å². The van der Waals surface area contributed by atoms with Crippen molar-refractivity contribution in [1.29, 1.82) is 0 Å². The van der Waals surface area contributed by atoms with Crippen LogP contribution < -0.4 is 10.9 Å². The summed E-state index contributed by atoms with van der Waals surface area (Å²) in [6.45, 7) is 7.72. The molecule has 1 atom stereocenters. The molecule has 0 bridgehead atoms. The first kappa shape index (κ1) is 15.9. The summed E-state index contributed by atoms with van der Waals surface area (Å²) < 4.78 is 2.00. The number of benzene rings is 1. The number of fused-ring (bicyclic) bond motifs is 1. The number of nitrogens with zero attached hydrogens (tertiary/aromatic N) is 2. The van der Waals surface area contributed by atoms with Crippen molar-refractivity contribution in [3.05, 3.63) is 63.3 Å². The van der Waals surface area contributed by atoms with Gasteiger partial charge in [-0.1, -0.05) is 0 Å². The first-order chi connectivity index (χ1) is 10.4. The van der Waals surface area contributed by atoms with Crippen molar-refractivity contribution in [3.8, 4) is 0 Å². The van der Waals surface area contributed by atoms with Gasteiger partial charge in [0.25, 0.3) is 0 Å². The topological polar surface area (TPSA) is 46.9 Å². The van der Waals surface area contributed by atoms with Crippen LogP contribution in [-0.4, -0.2) is 41.9 Å². The predicted octanol–water partition coefficient (Wildman–Crippen LogP) is 1.65. The van der Waals surface area contributed by atoms with E-state index in [0.29, 0.717) is 6.54 Å². The zero-order valence-electron chi connectivity index (χ0n) is 13.2. The summed E-state index contributed by atoms with van der Waals surface area (Å²) in [6.07, 6.45) is 0. The molecule has 3 radical (unpaired) electrons. The summed E-state index contributed by atoms with van der Waals surface area (Å²) in [7, 11) is 0. The first-order valence-corrected chi connectivity index (χ1v) is 9.75. The Hall–Kier alpha value is -1.02. The molecule has 5 heteroatoms. The third-order valence-electron chi connectivity index (χ3n) is 4.27. The maximum atomic E-state index is 13.0. The Bertz CT molecular complexity index is 752. The Morgan fingerprint density at radius 2 is 2.00 bits per heavy atom. The molecule has 0 saturated heterocycles. The molecule has 2 heterocycles. The minimum absolute atomic E-state index is 0.0932. The fourth-order valence-electron chi connectivity index (χ4n) is 3.07. The van der Waals surface area contributed by atoms with Crippen LogP contribution in [0.25, 0.3) is 0 Å². The Labute approximate surface area is 146 Å². The molecule has 22 heavy (non-hydrogen) atoms. The van der Waals surface area contributed by atoms with Crippen LogP contribution in [0.3, 0.4) is 0 Å². The van der Waals surface area contributed by atoms with Crippen LogP contribution in [0.5, 0.6) is 0 Å². The molecule has 1 aliphatic heterocycles. The van der Waals surface area contributed by atoms with Crippen molar-refractivity contribution in [2.75, 3.05) is 6.54 Å². The summed E-state index contributed by atoms with van der Waals surface area (Å²) in [4.78, 5) is 17.9. The SMILES string of the molecule is Cc1nc2c(c(=O)n1[CH]([Pb])c1ccccc1)CNCC2(C)C. The fourth-order valence-corrected chi connectivity index (χ4v) is 5.00. The summed E-state index contributed by atoms with van der Waals surface area (Å²) in [5, 5.41) is 3.36. The Kier molecular flexibility index (Phi) is 4.24. The molecule has 0 spiro atoms. The van der Waals surface area contributed by atoms with Gasteiger partial charge in [-0.15, -0.1) is 0 Å². The number of rotatable bonds is 2. The number of hydrogen-bond donors (Lipinski definition) is 1. The molecule has 1 unspecified atom stereocenters. The maximum absolute atomic E-state index is 13.0. The van der Waals surface area contributed by atoms with E-state index in [1.165, 1.54) is 5.56 Å². The zero-order valence-corrected chi connectivity index (χ0v) is 17.1. The Morgan fingerprint density at radius 1 is 1.32 bits per heavy atom. The molecule has 1 N–H and O–H groups in total. The van der Waals surface area contributed by atoms with Crippen molar-refractivity contribution >= 4 is 25.8 Å². The molecular weight excluding hydrogens is 469 g/mol. The normalized spacial score (nSPS) is 17.8. The predicted molar refractivity (Wildman–Crippen MR) is 88.3 cm³/mol. The quantitative estimate of drug-likeness (QED) is 0.653. The van der Waals surface area contributed by atoms with E-state index in [1.807, 2.05) is 29.7 Å². The van der Waals surface area contributed by atoms with E-state index in [4.69, 9.17) is 4.98 Å². The molecule has 2 aromatic rings. The standard InChI is InChI=1S/C17H20N3O.Pb/c1-12-19-15-14(9-18-11-17(15,2)3)16(21)20(12)10-13-7-5-4-6-8-13;/h4-8,10,18H,9,11H2,1-3H3;. The monoisotopic (exact) mass is 490 g/mol. The molecule has 1 aromatic carbocycles. The van der Waals surface area contributed by atoms with Crippen LogP contribution in [0.1, 0.15) is 40.1 Å². The van der Waals surface area contributed by atoms with Crippen LogP contribution in [0.15, 0.2) is 35.1 Å². The van der Waals surface area contributed by atoms with Crippen molar-refractivity contribution in [2.24, 2.45) is 0 Å². The van der Waals surface area contributed by atoms with Gasteiger partial charge in [0, 0.05) is 0 Å². The van der Waals surface area contributed by atoms with Gasteiger partial charge < -0.3 is 0 Å².